The molecule has 0 aliphatic heterocycles. The smallest absolute Gasteiger partial charge is 0.249 e. The number of anilines is 1. The van der Waals surface area contributed by atoms with E-state index in [0.717, 1.165) is 16.3 Å². The highest BCUT2D eigenvalue weighted by Gasteiger charge is 2.28. The van der Waals surface area contributed by atoms with Crippen molar-refractivity contribution in [2.45, 2.75) is 25.4 Å². The molecule has 4 N–H and O–H groups in total. The van der Waals surface area contributed by atoms with E-state index in [9.17, 15) is 24.6 Å². The van der Waals surface area contributed by atoms with E-state index in [0.29, 0.717) is 12.2 Å². The van der Waals surface area contributed by atoms with Gasteiger partial charge in [0.25, 0.3) is 0 Å². The molecule has 0 aliphatic rings. The van der Waals surface area contributed by atoms with Crippen LogP contribution in [-0.2, 0) is 20.9 Å². The number of benzene rings is 3. The quantitative estimate of drug-likeness (QED) is 0.268. The molecule has 0 heterocycles. The summed E-state index contributed by atoms with van der Waals surface area (Å²) < 4.78 is 0. The first kappa shape index (κ1) is 27.6. The average molecular weight is 504 g/mol. The molecule has 194 valence electrons. The van der Waals surface area contributed by atoms with Crippen LogP contribution in [-0.4, -0.2) is 58.6 Å². The monoisotopic (exact) mass is 503 g/mol. The van der Waals surface area contributed by atoms with Gasteiger partial charge in [0, 0.05) is 25.2 Å². The minimum Gasteiger partial charge on any atom is -0.395 e. The van der Waals surface area contributed by atoms with Crippen LogP contribution in [0.1, 0.15) is 18.4 Å². The second kappa shape index (κ2) is 13.9. The lowest BCUT2D eigenvalue weighted by Crippen LogP contribution is -2.49. The number of nitrogens with one attached hydrogen (secondary N) is 2. The van der Waals surface area contributed by atoms with E-state index in [1.807, 2.05) is 66.7 Å². The summed E-state index contributed by atoms with van der Waals surface area (Å²) in [5, 5.41) is 26.5. The standard InChI is InChI=1S/C29H33N3O5/c1-2-8-24(18-27(35)32(15-16-33)19-21-9-4-3-5-10-21)28(36)31-26(20-34)29(37)30-25-14-13-22-11-6-7-12-23(22)17-25/h2-7,9-14,17,24,26,33-34H,1,8,15-16,18-20H2,(H,30,37)(H,31,36)/t24-,26+/m1/s1. The number of aliphatic hydroxyl groups excluding tert-OH is 2. The molecule has 8 nitrogen and oxygen atoms in total. The molecule has 37 heavy (non-hydrogen) atoms. The number of carbonyl (C=O) groups is 3. The minimum absolute atomic E-state index is 0.129. The molecule has 3 rings (SSSR count). The zero-order chi connectivity index (χ0) is 26.6. The van der Waals surface area contributed by atoms with Gasteiger partial charge in [0.05, 0.1) is 19.1 Å². The van der Waals surface area contributed by atoms with Crippen molar-refractivity contribution in [3.8, 4) is 0 Å². The number of carbonyl (C=O) groups excluding carboxylic acids is 3. The molecule has 3 amide bonds. The summed E-state index contributed by atoms with van der Waals surface area (Å²) in [6.07, 6.45) is 1.61. The molecule has 3 aromatic carbocycles. The highest BCUT2D eigenvalue weighted by atomic mass is 16.3. The molecule has 0 spiro atoms. The fraction of sp³-hybridized carbons (Fsp3) is 0.276. The van der Waals surface area contributed by atoms with Crippen molar-refractivity contribution in [3.05, 3.63) is 91.0 Å². The molecule has 0 aromatic heterocycles. The Bertz CT molecular complexity index is 1210. The van der Waals surface area contributed by atoms with Gasteiger partial charge in [-0.15, -0.1) is 6.58 Å². The number of allylic oxidation sites excluding steroid dienone is 1. The Morgan fingerprint density at radius 3 is 2.30 bits per heavy atom. The van der Waals surface area contributed by atoms with Crippen LogP contribution in [0.25, 0.3) is 10.8 Å². The van der Waals surface area contributed by atoms with Crippen molar-refractivity contribution >= 4 is 34.2 Å². The summed E-state index contributed by atoms with van der Waals surface area (Å²) >= 11 is 0. The lowest BCUT2D eigenvalue weighted by atomic mass is 9.98. The van der Waals surface area contributed by atoms with Gasteiger partial charge in [-0.3, -0.25) is 14.4 Å². The van der Waals surface area contributed by atoms with E-state index in [-0.39, 0.29) is 31.9 Å². The number of aliphatic hydroxyl groups is 2. The van der Waals surface area contributed by atoms with Crippen molar-refractivity contribution in [1.82, 2.24) is 10.2 Å². The number of rotatable bonds is 13. The summed E-state index contributed by atoms with van der Waals surface area (Å²) in [5.41, 5.74) is 1.44. The Labute approximate surface area is 216 Å². The molecule has 0 radical (unpaired) electrons. The normalized spacial score (nSPS) is 12.4. The molecular formula is C29H33N3O5. The Hall–Kier alpha value is -4.01. The summed E-state index contributed by atoms with van der Waals surface area (Å²) in [6.45, 7) is 3.29. The van der Waals surface area contributed by atoms with Gasteiger partial charge in [-0.1, -0.05) is 66.7 Å². The van der Waals surface area contributed by atoms with Crippen molar-refractivity contribution in [1.29, 1.82) is 0 Å². The molecule has 0 unspecified atom stereocenters. The second-order valence-corrected chi connectivity index (χ2v) is 8.74. The van der Waals surface area contributed by atoms with Crippen LogP contribution in [0.5, 0.6) is 0 Å². The van der Waals surface area contributed by atoms with Gasteiger partial charge in [0.15, 0.2) is 0 Å². The van der Waals surface area contributed by atoms with Gasteiger partial charge in [0.1, 0.15) is 6.04 Å². The van der Waals surface area contributed by atoms with E-state index < -0.39 is 30.4 Å². The van der Waals surface area contributed by atoms with Crippen LogP contribution in [0.2, 0.25) is 0 Å². The first-order valence-corrected chi connectivity index (χ1v) is 12.2. The zero-order valence-corrected chi connectivity index (χ0v) is 20.7. The number of fused-ring (bicyclic) bond motifs is 1. The average Bonchev–Trinajstić information content (AvgIpc) is 2.91. The molecular weight excluding hydrogens is 470 g/mol. The van der Waals surface area contributed by atoms with Crippen LogP contribution in [0, 0.1) is 5.92 Å². The first-order chi connectivity index (χ1) is 17.9. The predicted octanol–water partition coefficient (Wildman–Crippen LogP) is 2.86. The summed E-state index contributed by atoms with van der Waals surface area (Å²) in [7, 11) is 0. The Balaban J connectivity index is 1.64. The lowest BCUT2D eigenvalue weighted by molar-refractivity contribution is -0.137. The van der Waals surface area contributed by atoms with Gasteiger partial charge >= 0.3 is 0 Å². The third-order valence-corrected chi connectivity index (χ3v) is 6.01. The SMILES string of the molecule is C=CC[C@H](CC(=O)N(CCO)Cc1ccccc1)C(=O)N[C@@H](CO)C(=O)Nc1ccc2ccccc2c1. The van der Waals surface area contributed by atoms with Crippen LogP contribution in [0.15, 0.2) is 85.5 Å². The van der Waals surface area contributed by atoms with Crippen molar-refractivity contribution in [2.24, 2.45) is 5.92 Å². The summed E-state index contributed by atoms with van der Waals surface area (Å²) in [6, 6.07) is 21.3. The maximum atomic E-state index is 13.0. The number of nitrogens with zero attached hydrogens (tertiary/aromatic N) is 1. The zero-order valence-electron chi connectivity index (χ0n) is 20.7. The number of amides is 3. The molecule has 0 saturated carbocycles. The van der Waals surface area contributed by atoms with E-state index >= 15 is 0 Å². The Kier molecular flexibility index (Phi) is 10.4. The summed E-state index contributed by atoms with van der Waals surface area (Å²) in [4.78, 5) is 40.4. The molecule has 0 aliphatic carbocycles. The number of hydrogen-bond donors (Lipinski definition) is 4. The van der Waals surface area contributed by atoms with Crippen molar-refractivity contribution < 1.29 is 24.6 Å². The number of hydrogen-bond acceptors (Lipinski definition) is 5. The molecule has 8 heteroatoms. The van der Waals surface area contributed by atoms with Crippen LogP contribution in [0.3, 0.4) is 0 Å². The topological polar surface area (TPSA) is 119 Å². The maximum Gasteiger partial charge on any atom is 0.249 e. The van der Waals surface area contributed by atoms with Gasteiger partial charge in [-0.05, 0) is 34.9 Å². The molecule has 0 bridgehead atoms. The molecule has 3 aromatic rings. The second-order valence-electron chi connectivity index (χ2n) is 8.74. The van der Waals surface area contributed by atoms with E-state index in [1.165, 1.54) is 11.0 Å². The minimum atomic E-state index is -1.20. The fourth-order valence-electron chi connectivity index (χ4n) is 4.02. The van der Waals surface area contributed by atoms with Crippen LogP contribution < -0.4 is 10.6 Å². The highest BCUT2D eigenvalue weighted by molar-refractivity contribution is 5.99. The maximum absolute atomic E-state index is 13.0. The first-order valence-electron chi connectivity index (χ1n) is 12.2. The lowest BCUT2D eigenvalue weighted by Gasteiger charge is -2.25. The highest BCUT2D eigenvalue weighted by Crippen LogP contribution is 2.19. The van der Waals surface area contributed by atoms with Gasteiger partial charge < -0.3 is 25.7 Å². The van der Waals surface area contributed by atoms with E-state index in [2.05, 4.69) is 17.2 Å². The molecule has 0 fully saturated rings. The van der Waals surface area contributed by atoms with Crippen molar-refractivity contribution in [3.63, 3.8) is 0 Å². The van der Waals surface area contributed by atoms with E-state index in [1.54, 1.807) is 6.07 Å². The largest absolute Gasteiger partial charge is 0.395 e. The summed E-state index contributed by atoms with van der Waals surface area (Å²) in [5.74, 6) is -2.20. The Morgan fingerprint density at radius 2 is 1.62 bits per heavy atom. The Morgan fingerprint density at radius 1 is 0.919 bits per heavy atom. The predicted molar refractivity (Wildman–Crippen MR) is 143 cm³/mol. The third kappa shape index (κ3) is 7.99. The fourth-order valence-corrected chi connectivity index (χ4v) is 4.02. The molecule has 0 saturated heterocycles. The van der Waals surface area contributed by atoms with Gasteiger partial charge in [0.2, 0.25) is 17.7 Å². The van der Waals surface area contributed by atoms with Crippen molar-refractivity contribution in [2.75, 3.05) is 25.1 Å². The van der Waals surface area contributed by atoms with Gasteiger partial charge in [-0.25, -0.2) is 0 Å². The van der Waals surface area contributed by atoms with Gasteiger partial charge in [-0.2, -0.15) is 0 Å². The molecule has 2 atom stereocenters. The van der Waals surface area contributed by atoms with E-state index in [4.69, 9.17) is 0 Å². The van der Waals surface area contributed by atoms with Crippen LogP contribution >= 0.6 is 0 Å². The van der Waals surface area contributed by atoms with Crippen LogP contribution in [0.4, 0.5) is 5.69 Å². The third-order valence-electron chi connectivity index (χ3n) is 6.01.